The molecule has 0 aliphatic carbocycles. The molecule has 0 fully saturated rings. The zero-order chi connectivity index (χ0) is 14.8. The maximum atomic E-state index is 10.3. The van der Waals surface area contributed by atoms with Crippen molar-refractivity contribution in [1.82, 2.24) is 0 Å². The van der Waals surface area contributed by atoms with Gasteiger partial charge in [0.1, 0.15) is 0 Å². The third-order valence-electron chi connectivity index (χ3n) is 3.52. The molecule has 108 valence electrons. The van der Waals surface area contributed by atoms with Crippen molar-refractivity contribution in [2.75, 3.05) is 0 Å². The van der Waals surface area contributed by atoms with E-state index in [1.165, 1.54) is 0 Å². The minimum atomic E-state index is -0.487. The second-order valence-corrected chi connectivity index (χ2v) is 7.60. The lowest BCUT2D eigenvalue weighted by atomic mass is 9.82. The molecule has 0 amide bonds. The first-order valence-electron chi connectivity index (χ1n) is 6.97. The summed E-state index contributed by atoms with van der Waals surface area (Å²) in [5.41, 5.74) is 1.69. The van der Waals surface area contributed by atoms with Gasteiger partial charge in [0.05, 0.1) is 12.2 Å². The number of benzene rings is 1. The summed E-state index contributed by atoms with van der Waals surface area (Å²) in [7, 11) is 0. The second-order valence-electron chi connectivity index (χ2n) is 7.60. The number of aliphatic hydroxyl groups is 2. The van der Waals surface area contributed by atoms with Crippen LogP contribution >= 0.6 is 0 Å². The smallest absolute Gasteiger partial charge is 0.0838 e. The SMILES string of the molecule is CC(C)(C)C(O)Cc1cccc(C(O)C(C)(C)C)c1. The predicted octanol–water partition coefficient (Wildman–Crippen LogP) is 3.72. The van der Waals surface area contributed by atoms with Crippen LogP contribution in [0.3, 0.4) is 0 Å². The first kappa shape index (κ1) is 16.2. The summed E-state index contributed by atoms with van der Waals surface area (Å²) >= 11 is 0. The van der Waals surface area contributed by atoms with Crippen molar-refractivity contribution in [3.05, 3.63) is 35.4 Å². The van der Waals surface area contributed by atoms with Crippen molar-refractivity contribution >= 4 is 0 Å². The molecule has 0 radical (unpaired) electrons. The average Bonchev–Trinajstić information content (AvgIpc) is 2.26. The molecule has 2 atom stereocenters. The van der Waals surface area contributed by atoms with Gasteiger partial charge in [-0.05, 0) is 28.4 Å². The molecular weight excluding hydrogens is 236 g/mol. The molecule has 1 rings (SSSR count). The fraction of sp³-hybridized carbons (Fsp3) is 0.647. The first-order valence-corrected chi connectivity index (χ1v) is 6.97. The molecule has 0 spiro atoms. The molecule has 0 aliphatic heterocycles. The lowest BCUT2D eigenvalue weighted by Crippen LogP contribution is -2.28. The molecule has 0 aliphatic rings. The van der Waals surface area contributed by atoms with Crippen molar-refractivity contribution < 1.29 is 10.2 Å². The van der Waals surface area contributed by atoms with Gasteiger partial charge >= 0.3 is 0 Å². The summed E-state index contributed by atoms with van der Waals surface area (Å²) in [5.74, 6) is 0. The third kappa shape index (κ3) is 4.63. The molecule has 19 heavy (non-hydrogen) atoms. The fourth-order valence-electron chi connectivity index (χ4n) is 1.92. The summed E-state index contributed by atoms with van der Waals surface area (Å²) in [6, 6.07) is 7.91. The largest absolute Gasteiger partial charge is 0.392 e. The molecule has 0 saturated carbocycles. The van der Waals surface area contributed by atoms with Gasteiger partial charge in [0.25, 0.3) is 0 Å². The summed E-state index contributed by atoms with van der Waals surface area (Å²) in [5, 5.41) is 20.5. The molecule has 1 aromatic rings. The maximum Gasteiger partial charge on any atom is 0.0838 e. The van der Waals surface area contributed by atoms with Gasteiger partial charge in [-0.3, -0.25) is 0 Å². The Bertz CT molecular complexity index is 410. The van der Waals surface area contributed by atoms with Crippen LogP contribution in [0.25, 0.3) is 0 Å². The Labute approximate surface area is 117 Å². The summed E-state index contributed by atoms with van der Waals surface area (Å²) in [6.45, 7) is 12.2. The van der Waals surface area contributed by atoms with E-state index >= 15 is 0 Å². The van der Waals surface area contributed by atoms with Crippen molar-refractivity contribution in [1.29, 1.82) is 0 Å². The van der Waals surface area contributed by atoms with Crippen molar-refractivity contribution in [3.8, 4) is 0 Å². The van der Waals surface area contributed by atoms with E-state index < -0.39 is 6.10 Å². The Balaban J connectivity index is 2.90. The maximum absolute atomic E-state index is 10.3. The second kappa shape index (κ2) is 5.64. The lowest BCUT2D eigenvalue weighted by molar-refractivity contribution is 0.0603. The van der Waals surface area contributed by atoms with Gasteiger partial charge in [-0.25, -0.2) is 0 Å². The normalized spacial score (nSPS) is 16.2. The topological polar surface area (TPSA) is 40.5 Å². The van der Waals surface area contributed by atoms with Crippen LogP contribution < -0.4 is 0 Å². The minimum absolute atomic E-state index is 0.126. The Hall–Kier alpha value is -0.860. The zero-order valence-corrected chi connectivity index (χ0v) is 13.1. The van der Waals surface area contributed by atoms with E-state index in [2.05, 4.69) is 0 Å². The number of hydrogen-bond donors (Lipinski definition) is 2. The summed E-state index contributed by atoms with van der Waals surface area (Å²) < 4.78 is 0. The van der Waals surface area contributed by atoms with E-state index in [4.69, 9.17) is 0 Å². The van der Waals surface area contributed by atoms with Crippen LogP contribution in [0.4, 0.5) is 0 Å². The highest BCUT2D eigenvalue weighted by Gasteiger charge is 2.25. The summed E-state index contributed by atoms with van der Waals surface area (Å²) in [6.07, 6.45) is -0.248. The average molecular weight is 264 g/mol. The molecule has 2 unspecified atom stereocenters. The zero-order valence-electron chi connectivity index (χ0n) is 13.1. The lowest BCUT2D eigenvalue weighted by Gasteiger charge is -2.28. The highest BCUT2D eigenvalue weighted by molar-refractivity contribution is 5.26. The van der Waals surface area contributed by atoms with Gasteiger partial charge in [0, 0.05) is 0 Å². The van der Waals surface area contributed by atoms with Crippen molar-refractivity contribution in [2.24, 2.45) is 10.8 Å². The van der Waals surface area contributed by atoms with Gasteiger partial charge < -0.3 is 10.2 Å². The van der Waals surface area contributed by atoms with Crippen LogP contribution in [0.2, 0.25) is 0 Å². The highest BCUT2D eigenvalue weighted by atomic mass is 16.3. The van der Waals surface area contributed by atoms with Gasteiger partial charge in [0.2, 0.25) is 0 Å². The molecular formula is C17H28O2. The molecule has 2 nitrogen and oxygen atoms in total. The highest BCUT2D eigenvalue weighted by Crippen LogP contribution is 2.33. The Morgan fingerprint density at radius 2 is 1.53 bits per heavy atom. The predicted molar refractivity (Wildman–Crippen MR) is 80.0 cm³/mol. The fourth-order valence-corrected chi connectivity index (χ4v) is 1.92. The van der Waals surface area contributed by atoms with Crippen LogP contribution in [0.1, 0.15) is 58.8 Å². The van der Waals surface area contributed by atoms with Crippen molar-refractivity contribution in [2.45, 2.75) is 60.2 Å². The van der Waals surface area contributed by atoms with Gasteiger partial charge in [-0.2, -0.15) is 0 Å². The number of aliphatic hydroxyl groups excluding tert-OH is 2. The van der Waals surface area contributed by atoms with Crippen LogP contribution in [-0.4, -0.2) is 16.3 Å². The molecule has 0 bridgehead atoms. The molecule has 0 saturated heterocycles. The number of hydrogen-bond acceptors (Lipinski definition) is 2. The van der Waals surface area contributed by atoms with Crippen LogP contribution in [0, 0.1) is 10.8 Å². The van der Waals surface area contributed by atoms with Crippen LogP contribution in [-0.2, 0) is 6.42 Å². The van der Waals surface area contributed by atoms with E-state index in [1.807, 2.05) is 65.8 Å². The monoisotopic (exact) mass is 264 g/mol. The molecule has 1 aromatic carbocycles. The van der Waals surface area contributed by atoms with Gasteiger partial charge in [-0.1, -0.05) is 65.8 Å². The Morgan fingerprint density at radius 3 is 2.00 bits per heavy atom. The van der Waals surface area contributed by atoms with E-state index in [0.717, 1.165) is 11.1 Å². The Morgan fingerprint density at radius 1 is 0.947 bits per heavy atom. The van der Waals surface area contributed by atoms with E-state index in [1.54, 1.807) is 0 Å². The minimum Gasteiger partial charge on any atom is -0.392 e. The molecule has 2 heteroatoms. The van der Waals surface area contributed by atoms with E-state index in [9.17, 15) is 10.2 Å². The molecule has 0 heterocycles. The Kier molecular flexibility index (Phi) is 4.81. The summed E-state index contributed by atoms with van der Waals surface area (Å²) in [4.78, 5) is 0. The van der Waals surface area contributed by atoms with Crippen LogP contribution in [0.5, 0.6) is 0 Å². The van der Waals surface area contributed by atoms with Crippen LogP contribution in [0.15, 0.2) is 24.3 Å². The van der Waals surface area contributed by atoms with Gasteiger partial charge in [-0.15, -0.1) is 0 Å². The molecule has 2 N–H and O–H groups in total. The standard InChI is InChI=1S/C17H28O2/c1-16(2,3)14(18)11-12-8-7-9-13(10-12)15(19)17(4,5)6/h7-10,14-15,18-19H,11H2,1-6H3. The number of rotatable bonds is 3. The van der Waals surface area contributed by atoms with E-state index in [-0.39, 0.29) is 16.9 Å². The molecule has 0 aromatic heterocycles. The van der Waals surface area contributed by atoms with Crippen molar-refractivity contribution in [3.63, 3.8) is 0 Å². The van der Waals surface area contributed by atoms with Gasteiger partial charge in [0.15, 0.2) is 0 Å². The third-order valence-corrected chi connectivity index (χ3v) is 3.52. The van der Waals surface area contributed by atoms with E-state index in [0.29, 0.717) is 6.42 Å². The quantitative estimate of drug-likeness (QED) is 0.873. The first-order chi connectivity index (χ1) is 8.51.